The van der Waals surface area contributed by atoms with E-state index in [4.69, 9.17) is 18.9 Å². The van der Waals surface area contributed by atoms with Gasteiger partial charge in [0.25, 0.3) is 0 Å². The smallest absolute Gasteiger partial charge is 0.227 e. The van der Waals surface area contributed by atoms with E-state index in [2.05, 4.69) is 23.3 Å². The monoisotopic (exact) mass is 456 g/mol. The standard InChI is InChI=1S/C26H36N2O5/c1-28(14-11-18-8-9-22(30-2)23(15-18)31-3)13-6-7-20-21-17-25(33-5)24(32-4)16-19(21)10-12-27-26(20)29/h8-9,15-17,20H,6-7,10-14H2,1-5H3,(H,27,29). The molecule has 1 aliphatic heterocycles. The number of carbonyl (C=O) groups excluding carboxylic acids is 1. The number of hydrogen-bond donors (Lipinski definition) is 1. The van der Waals surface area contributed by atoms with Crippen LogP contribution in [0.2, 0.25) is 0 Å². The summed E-state index contributed by atoms with van der Waals surface area (Å²) in [5.41, 5.74) is 3.41. The maximum absolute atomic E-state index is 12.8. The Balaban J connectivity index is 1.59. The molecule has 33 heavy (non-hydrogen) atoms. The van der Waals surface area contributed by atoms with Gasteiger partial charge in [-0.25, -0.2) is 0 Å². The lowest BCUT2D eigenvalue weighted by Gasteiger charge is -2.21. The summed E-state index contributed by atoms with van der Waals surface area (Å²) in [5, 5.41) is 3.07. The van der Waals surface area contributed by atoms with Gasteiger partial charge in [0, 0.05) is 13.1 Å². The number of amides is 1. The van der Waals surface area contributed by atoms with E-state index in [-0.39, 0.29) is 11.8 Å². The van der Waals surface area contributed by atoms with E-state index in [9.17, 15) is 4.79 Å². The average molecular weight is 457 g/mol. The van der Waals surface area contributed by atoms with Gasteiger partial charge in [-0.05, 0) is 80.2 Å². The van der Waals surface area contributed by atoms with E-state index >= 15 is 0 Å². The summed E-state index contributed by atoms with van der Waals surface area (Å²) in [6.07, 6.45) is 3.42. The van der Waals surface area contributed by atoms with Crippen molar-refractivity contribution in [3.8, 4) is 23.0 Å². The van der Waals surface area contributed by atoms with Gasteiger partial charge in [0.2, 0.25) is 5.91 Å². The normalized spacial score (nSPS) is 15.5. The molecular weight excluding hydrogens is 420 g/mol. The predicted octanol–water partition coefficient (Wildman–Crippen LogP) is 3.43. The van der Waals surface area contributed by atoms with Crippen molar-refractivity contribution in [2.24, 2.45) is 0 Å². The first-order valence-electron chi connectivity index (χ1n) is 11.4. The Morgan fingerprint density at radius 2 is 1.58 bits per heavy atom. The molecule has 0 saturated carbocycles. The third-order valence-electron chi connectivity index (χ3n) is 6.29. The van der Waals surface area contributed by atoms with E-state index < -0.39 is 0 Å². The number of carbonyl (C=O) groups is 1. The Hall–Kier alpha value is -2.93. The molecule has 1 unspecified atom stereocenters. The molecule has 2 aromatic carbocycles. The van der Waals surface area contributed by atoms with E-state index in [1.807, 2.05) is 24.3 Å². The molecule has 0 aliphatic carbocycles. The van der Waals surface area contributed by atoms with Crippen LogP contribution < -0.4 is 24.3 Å². The highest BCUT2D eigenvalue weighted by Gasteiger charge is 2.27. The minimum absolute atomic E-state index is 0.0916. The van der Waals surface area contributed by atoms with Gasteiger partial charge in [0.05, 0.1) is 34.4 Å². The summed E-state index contributed by atoms with van der Waals surface area (Å²) in [7, 11) is 8.69. The third kappa shape index (κ3) is 6.11. The quantitative estimate of drug-likeness (QED) is 0.559. The first-order chi connectivity index (χ1) is 16.0. The number of hydrogen-bond acceptors (Lipinski definition) is 6. The largest absolute Gasteiger partial charge is 0.493 e. The van der Waals surface area contributed by atoms with E-state index in [1.54, 1.807) is 28.4 Å². The van der Waals surface area contributed by atoms with Crippen LogP contribution >= 0.6 is 0 Å². The van der Waals surface area contributed by atoms with Crippen molar-refractivity contribution in [2.75, 3.05) is 55.1 Å². The highest BCUT2D eigenvalue weighted by molar-refractivity contribution is 5.85. The van der Waals surface area contributed by atoms with Crippen LogP contribution in [0, 0.1) is 0 Å². The molecule has 1 heterocycles. The zero-order valence-electron chi connectivity index (χ0n) is 20.4. The highest BCUT2D eigenvalue weighted by Crippen LogP contribution is 2.37. The SMILES string of the molecule is COc1ccc(CCN(C)CCCC2C(=O)NCCc3cc(OC)c(OC)cc32)cc1OC. The van der Waals surface area contributed by atoms with Crippen LogP contribution in [-0.4, -0.2) is 65.9 Å². The third-order valence-corrected chi connectivity index (χ3v) is 6.29. The van der Waals surface area contributed by atoms with Crippen LogP contribution in [0.3, 0.4) is 0 Å². The van der Waals surface area contributed by atoms with E-state index in [0.29, 0.717) is 18.0 Å². The lowest BCUT2D eigenvalue weighted by atomic mass is 9.89. The Morgan fingerprint density at radius 1 is 0.909 bits per heavy atom. The van der Waals surface area contributed by atoms with Crippen molar-refractivity contribution in [2.45, 2.75) is 31.6 Å². The fraction of sp³-hybridized carbons (Fsp3) is 0.500. The van der Waals surface area contributed by atoms with Gasteiger partial charge in [0.15, 0.2) is 23.0 Å². The lowest BCUT2D eigenvalue weighted by molar-refractivity contribution is -0.122. The molecule has 0 radical (unpaired) electrons. The molecule has 0 fully saturated rings. The van der Waals surface area contributed by atoms with Crippen LogP contribution in [-0.2, 0) is 17.6 Å². The summed E-state index contributed by atoms with van der Waals surface area (Å²) in [5.74, 6) is 2.78. The number of nitrogens with one attached hydrogen (secondary N) is 1. The van der Waals surface area contributed by atoms with Crippen LogP contribution in [0.25, 0.3) is 0 Å². The molecule has 0 bridgehead atoms. The summed E-state index contributed by atoms with van der Waals surface area (Å²) in [6, 6.07) is 10.0. The molecule has 7 nitrogen and oxygen atoms in total. The molecule has 7 heteroatoms. The number of ether oxygens (including phenoxy) is 4. The molecule has 0 saturated heterocycles. The molecule has 1 amide bonds. The molecular formula is C26H36N2O5. The van der Waals surface area contributed by atoms with Gasteiger partial charge >= 0.3 is 0 Å². The number of likely N-dealkylation sites (N-methyl/N-ethyl adjacent to an activating group) is 1. The van der Waals surface area contributed by atoms with Gasteiger partial charge in [-0.3, -0.25) is 4.79 Å². The zero-order chi connectivity index (χ0) is 23.8. The summed E-state index contributed by atoms with van der Waals surface area (Å²) in [6.45, 7) is 2.48. The van der Waals surface area contributed by atoms with Crippen molar-refractivity contribution < 1.29 is 23.7 Å². The molecule has 1 aliphatic rings. The molecule has 2 aromatic rings. The zero-order valence-corrected chi connectivity index (χ0v) is 20.4. The topological polar surface area (TPSA) is 69.3 Å². The number of methoxy groups -OCH3 is 4. The predicted molar refractivity (Wildman–Crippen MR) is 129 cm³/mol. The summed E-state index contributed by atoms with van der Waals surface area (Å²) >= 11 is 0. The second kappa shape index (κ2) is 11.8. The summed E-state index contributed by atoms with van der Waals surface area (Å²) in [4.78, 5) is 15.1. The molecule has 1 atom stereocenters. The van der Waals surface area contributed by atoms with E-state index in [0.717, 1.165) is 61.4 Å². The minimum atomic E-state index is -0.179. The van der Waals surface area contributed by atoms with Crippen LogP contribution in [0.1, 0.15) is 35.4 Å². The van der Waals surface area contributed by atoms with E-state index in [1.165, 1.54) is 5.56 Å². The van der Waals surface area contributed by atoms with Gasteiger partial charge in [0.1, 0.15) is 0 Å². The maximum atomic E-state index is 12.8. The minimum Gasteiger partial charge on any atom is -0.493 e. The fourth-order valence-corrected chi connectivity index (χ4v) is 4.38. The molecule has 1 N–H and O–H groups in total. The van der Waals surface area contributed by atoms with Gasteiger partial charge in [-0.15, -0.1) is 0 Å². The molecule has 3 rings (SSSR count). The molecule has 0 spiro atoms. The Kier molecular flexibility index (Phi) is 8.83. The van der Waals surface area contributed by atoms with Crippen molar-refractivity contribution >= 4 is 5.91 Å². The van der Waals surface area contributed by atoms with Gasteiger partial charge < -0.3 is 29.2 Å². The highest BCUT2D eigenvalue weighted by atomic mass is 16.5. The lowest BCUT2D eigenvalue weighted by Crippen LogP contribution is -2.29. The van der Waals surface area contributed by atoms with Crippen molar-refractivity contribution in [3.05, 3.63) is 47.0 Å². The maximum Gasteiger partial charge on any atom is 0.227 e. The first kappa shape index (κ1) is 24.7. The van der Waals surface area contributed by atoms with Crippen LogP contribution in [0.5, 0.6) is 23.0 Å². The number of fused-ring (bicyclic) bond motifs is 1. The number of rotatable bonds is 11. The Bertz CT molecular complexity index is 947. The molecule has 0 aromatic heterocycles. The first-order valence-corrected chi connectivity index (χ1v) is 11.4. The van der Waals surface area contributed by atoms with Gasteiger partial charge in [-0.2, -0.15) is 0 Å². The molecule has 180 valence electrons. The Labute approximate surface area is 197 Å². The van der Waals surface area contributed by atoms with Crippen LogP contribution in [0.4, 0.5) is 0 Å². The van der Waals surface area contributed by atoms with Gasteiger partial charge in [-0.1, -0.05) is 6.07 Å². The fourth-order valence-electron chi connectivity index (χ4n) is 4.38. The van der Waals surface area contributed by atoms with Crippen molar-refractivity contribution in [1.82, 2.24) is 10.2 Å². The van der Waals surface area contributed by atoms with Crippen molar-refractivity contribution in [3.63, 3.8) is 0 Å². The second-order valence-electron chi connectivity index (χ2n) is 8.38. The van der Waals surface area contributed by atoms with Crippen molar-refractivity contribution in [1.29, 1.82) is 0 Å². The van der Waals surface area contributed by atoms with Crippen LogP contribution in [0.15, 0.2) is 30.3 Å². The summed E-state index contributed by atoms with van der Waals surface area (Å²) < 4.78 is 21.7. The second-order valence-corrected chi connectivity index (χ2v) is 8.38. The number of benzene rings is 2. The Morgan fingerprint density at radius 3 is 2.27 bits per heavy atom. The number of nitrogens with zero attached hydrogens (tertiary/aromatic N) is 1. The average Bonchev–Trinajstić information content (AvgIpc) is 2.99.